The molecule has 0 atom stereocenters. The van der Waals surface area contributed by atoms with E-state index in [0.29, 0.717) is 109 Å². The van der Waals surface area contributed by atoms with Crippen LogP contribution in [0, 0.1) is 0 Å². The molecule has 5 heterocycles. The number of alkyl halides is 6. The third kappa shape index (κ3) is 13.9. The summed E-state index contributed by atoms with van der Waals surface area (Å²) in [6, 6.07) is 13.8. The summed E-state index contributed by atoms with van der Waals surface area (Å²) in [7, 11) is 3.08. The van der Waals surface area contributed by atoms with Gasteiger partial charge >= 0.3 is 23.8 Å². The molecule has 62 heavy (non-hydrogen) atoms. The Morgan fingerprint density at radius 2 is 1.24 bits per heavy atom. The average molecular weight is 933 g/mol. The Hall–Kier alpha value is -5.15. The lowest BCUT2D eigenvalue weighted by atomic mass is 10.1. The molecule has 2 aromatic carbocycles. The van der Waals surface area contributed by atoms with Crippen molar-refractivity contribution in [3.63, 3.8) is 0 Å². The standard InChI is InChI=1S/C20H20F3N5O2S.C13H14ClF3N2O.C6H7ClN2O.CH4/c1-30-15-5-6-24-17-16(15)25-18(31-17)26-19(29)28-9-7-27(8-10-28)12-13-3-2-4-14(11-13)20(21,22)23;14-12(20)19-6-4-18(5-7-19)9-10-2-1-3-11(8-10)13(15,16)17;1-10-4-2-3-9-6(7)5(4)8;/h2-6,11H,7-10,12H2,1H3,(H,25,26,29);1-3,8H,4-7,9H2;2-3H,8H2,1H3;1H4. The zero-order valence-corrected chi connectivity index (χ0v) is 35.1. The van der Waals surface area contributed by atoms with E-state index in [9.17, 15) is 35.9 Å². The number of halogens is 8. The lowest BCUT2D eigenvalue weighted by Gasteiger charge is -2.34. The third-order valence-corrected chi connectivity index (χ3v) is 10.8. The number of carbonyl (C=O) groups is 2. The molecule has 13 nitrogen and oxygen atoms in total. The minimum absolute atomic E-state index is 0. The Labute approximate surface area is 368 Å². The predicted molar refractivity (Wildman–Crippen MR) is 228 cm³/mol. The summed E-state index contributed by atoms with van der Waals surface area (Å²) in [4.78, 5) is 43.8. The van der Waals surface area contributed by atoms with E-state index in [2.05, 4.69) is 20.3 Å². The number of hydrogen-bond donors (Lipinski definition) is 2. The molecule has 336 valence electrons. The highest BCUT2D eigenvalue weighted by molar-refractivity contribution is 7.22. The average Bonchev–Trinajstić information content (AvgIpc) is 3.65. The van der Waals surface area contributed by atoms with Crippen molar-refractivity contribution in [2.75, 3.05) is 77.6 Å². The first-order valence-electron chi connectivity index (χ1n) is 18.5. The molecule has 22 heteroatoms. The molecule has 3 N–H and O–H groups in total. The van der Waals surface area contributed by atoms with E-state index < -0.39 is 28.8 Å². The van der Waals surface area contributed by atoms with E-state index in [-0.39, 0.29) is 18.6 Å². The van der Waals surface area contributed by atoms with E-state index in [0.717, 1.165) is 12.1 Å². The van der Waals surface area contributed by atoms with Gasteiger partial charge in [-0.3, -0.25) is 19.9 Å². The Balaban J connectivity index is 0.000000233. The van der Waals surface area contributed by atoms with E-state index in [4.69, 9.17) is 38.4 Å². The van der Waals surface area contributed by atoms with E-state index in [1.54, 1.807) is 42.5 Å². The van der Waals surface area contributed by atoms with Crippen LogP contribution in [-0.4, -0.2) is 113 Å². The monoisotopic (exact) mass is 931 g/mol. The normalized spacial score (nSPS) is 14.7. The van der Waals surface area contributed by atoms with Gasteiger partial charge < -0.3 is 25.0 Å². The number of ether oxygens (including phenoxy) is 2. The topological polar surface area (TPSA) is 142 Å². The van der Waals surface area contributed by atoms with Crippen molar-refractivity contribution in [3.05, 3.63) is 100 Å². The van der Waals surface area contributed by atoms with Crippen molar-refractivity contribution in [1.29, 1.82) is 0 Å². The van der Waals surface area contributed by atoms with Crippen molar-refractivity contribution >= 4 is 67.1 Å². The number of rotatable bonds is 7. The maximum atomic E-state index is 12.9. The van der Waals surface area contributed by atoms with Crippen LogP contribution >= 0.6 is 34.5 Å². The quantitative estimate of drug-likeness (QED) is 0.0702. The molecule has 2 fully saturated rings. The zero-order chi connectivity index (χ0) is 44.3. The van der Waals surface area contributed by atoms with Crippen LogP contribution in [0.1, 0.15) is 29.7 Å². The van der Waals surface area contributed by atoms with Gasteiger partial charge in [0.2, 0.25) is 0 Å². The minimum Gasteiger partial charge on any atom is -0.494 e. The fourth-order valence-corrected chi connectivity index (χ4v) is 7.34. The van der Waals surface area contributed by atoms with Gasteiger partial charge in [-0.1, -0.05) is 66.8 Å². The molecule has 3 aromatic heterocycles. The second kappa shape index (κ2) is 22.3. The Morgan fingerprint density at radius 3 is 1.71 bits per heavy atom. The summed E-state index contributed by atoms with van der Waals surface area (Å²) >= 11 is 12.2. The van der Waals surface area contributed by atoms with Crippen LogP contribution in [0.25, 0.3) is 10.3 Å². The second-order valence-corrected chi connectivity index (χ2v) is 15.2. The molecule has 0 radical (unpaired) electrons. The molecule has 5 aromatic rings. The Kier molecular flexibility index (Phi) is 17.8. The number of fused-ring (bicyclic) bond motifs is 1. The number of urea groups is 1. The summed E-state index contributed by atoms with van der Waals surface area (Å²) in [6.07, 6.45) is -5.52. The van der Waals surface area contributed by atoms with Crippen LogP contribution in [0.4, 0.5) is 46.8 Å². The number of nitrogens with zero attached hydrogens (tertiary/aromatic N) is 7. The highest BCUT2D eigenvalue weighted by atomic mass is 35.5. The van der Waals surface area contributed by atoms with Gasteiger partial charge in [0.05, 0.1) is 25.3 Å². The third-order valence-electron chi connectivity index (χ3n) is 9.42. The predicted octanol–water partition coefficient (Wildman–Crippen LogP) is 9.21. The molecule has 0 aliphatic carbocycles. The number of methoxy groups -OCH3 is 2. The van der Waals surface area contributed by atoms with Gasteiger partial charge in [0.1, 0.15) is 27.5 Å². The summed E-state index contributed by atoms with van der Waals surface area (Å²) in [5.74, 6) is 1.14. The minimum atomic E-state index is -4.35. The number of nitrogens with one attached hydrogen (secondary N) is 1. The number of piperazine rings is 2. The highest BCUT2D eigenvalue weighted by Crippen LogP contribution is 2.32. The summed E-state index contributed by atoms with van der Waals surface area (Å²) in [5.41, 5.74) is 6.38. The largest absolute Gasteiger partial charge is 0.494 e. The van der Waals surface area contributed by atoms with Crippen molar-refractivity contribution in [2.45, 2.75) is 32.9 Å². The van der Waals surface area contributed by atoms with E-state index in [1.165, 1.54) is 53.8 Å². The second-order valence-electron chi connectivity index (χ2n) is 13.5. The smallest absolute Gasteiger partial charge is 0.416 e. The van der Waals surface area contributed by atoms with Gasteiger partial charge in [0.15, 0.2) is 10.3 Å². The first-order chi connectivity index (χ1) is 28.9. The molecule has 2 aliphatic rings. The molecule has 0 spiro atoms. The lowest BCUT2D eigenvalue weighted by molar-refractivity contribution is -0.138. The van der Waals surface area contributed by atoms with E-state index in [1.807, 2.05) is 9.80 Å². The molecule has 0 bridgehead atoms. The maximum Gasteiger partial charge on any atom is 0.416 e. The Bertz CT molecular complexity index is 2250. The number of amides is 3. The molecule has 3 amide bonds. The number of aromatic nitrogens is 3. The number of thiazole rings is 1. The van der Waals surface area contributed by atoms with Crippen LogP contribution in [-0.2, 0) is 25.4 Å². The number of pyridine rings is 2. The number of hydrogen-bond acceptors (Lipinski definition) is 11. The first-order valence-corrected chi connectivity index (χ1v) is 20.0. The van der Waals surface area contributed by atoms with Gasteiger partial charge in [-0.2, -0.15) is 26.3 Å². The molecular formula is C40H45Cl2F6N9O4S. The molecule has 0 unspecified atom stereocenters. The van der Waals surface area contributed by atoms with Gasteiger partial charge in [-0.15, -0.1) is 0 Å². The number of benzene rings is 2. The number of nitrogens with two attached hydrogens (primary N) is 1. The summed E-state index contributed by atoms with van der Waals surface area (Å²) < 4.78 is 86.7. The van der Waals surface area contributed by atoms with Crippen LogP contribution < -0.4 is 20.5 Å². The van der Waals surface area contributed by atoms with Gasteiger partial charge in [0, 0.05) is 90.0 Å². The molecular weight excluding hydrogens is 887 g/mol. The van der Waals surface area contributed by atoms with Crippen LogP contribution in [0.5, 0.6) is 11.5 Å². The van der Waals surface area contributed by atoms with Gasteiger partial charge in [-0.05, 0) is 34.9 Å². The van der Waals surface area contributed by atoms with Gasteiger partial charge in [0.25, 0.3) is 0 Å². The SMILES string of the molecule is C.COc1ccnc(Cl)c1N.COc1ccnc2sc(NC(=O)N3CCN(Cc4cccc(C(F)(F)F)c4)CC3)nc12.O=C(Cl)N1CCN(Cc2cccc(C(F)(F)F)c2)CC1. The molecule has 0 saturated carbocycles. The van der Waals surface area contributed by atoms with Gasteiger partial charge in [-0.25, -0.2) is 19.7 Å². The zero-order valence-electron chi connectivity index (χ0n) is 32.8. The number of nitrogen functional groups attached to an aromatic ring is 1. The van der Waals surface area contributed by atoms with Crippen LogP contribution in [0.2, 0.25) is 5.15 Å². The van der Waals surface area contributed by atoms with E-state index >= 15 is 0 Å². The highest BCUT2D eigenvalue weighted by Gasteiger charge is 2.32. The van der Waals surface area contributed by atoms with Crippen molar-refractivity contribution in [1.82, 2.24) is 34.6 Å². The fraction of sp³-hybridized carbons (Fsp3) is 0.375. The van der Waals surface area contributed by atoms with Crippen LogP contribution in [0.15, 0.2) is 73.1 Å². The fourth-order valence-electron chi connectivity index (χ4n) is 6.21. The van der Waals surface area contributed by atoms with Crippen molar-refractivity contribution in [2.24, 2.45) is 0 Å². The summed E-state index contributed by atoms with van der Waals surface area (Å²) in [6.45, 7) is 5.13. The number of anilines is 2. The molecule has 7 rings (SSSR count). The maximum absolute atomic E-state index is 12.9. The van der Waals surface area contributed by atoms with Crippen molar-refractivity contribution < 1.29 is 45.4 Å². The molecule has 2 saturated heterocycles. The summed E-state index contributed by atoms with van der Waals surface area (Å²) in [5, 5.41) is 3.02. The van der Waals surface area contributed by atoms with Crippen LogP contribution in [0.3, 0.4) is 0 Å². The number of carbonyl (C=O) groups excluding carboxylic acids is 2. The Morgan fingerprint density at radius 1 is 0.758 bits per heavy atom. The lowest BCUT2D eigenvalue weighted by Crippen LogP contribution is -2.49. The van der Waals surface area contributed by atoms with Crippen molar-refractivity contribution in [3.8, 4) is 11.5 Å². The first kappa shape index (κ1) is 49.5. The molecule has 2 aliphatic heterocycles.